The number of halogens is 4. The molecule has 1 atom stereocenters. The maximum absolute atomic E-state index is 13.4. The van der Waals surface area contributed by atoms with Crippen LogP contribution in [-0.2, 0) is 18.8 Å². The third-order valence-electron chi connectivity index (χ3n) is 6.21. The number of hydrogen-bond acceptors (Lipinski definition) is 3. The molecular formula is C27H19ClF3N3O2. The predicted molar refractivity (Wildman–Crippen MR) is 132 cm³/mol. The highest BCUT2D eigenvalue weighted by Crippen LogP contribution is 2.40. The zero-order chi connectivity index (χ0) is 25.7. The molecule has 3 aromatic carbocycles. The van der Waals surface area contributed by atoms with Crippen LogP contribution in [0.1, 0.15) is 22.4 Å². The Morgan fingerprint density at radius 2 is 1.67 bits per heavy atom. The molecule has 0 spiro atoms. The first-order chi connectivity index (χ1) is 17.1. The Balaban J connectivity index is 1.79. The maximum Gasteiger partial charge on any atom is 0.416 e. The van der Waals surface area contributed by atoms with Crippen LogP contribution in [0.4, 0.5) is 13.2 Å². The molecule has 5 nitrogen and oxygen atoms in total. The summed E-state index contributed by atoms with van der Waals surface area (Å²) in [4.78, 5) is 19.2. The van der Waals surface area contributed by atoms with Crippen molar-refractivity contribution in [3.05, 3.63) is 123 Å². The van der Waals surface area contributed by atoms with E-state index < -0.39 is 22.9 Å². The van der Waals surface area contributed by atoms with Gasteiger partial charge in [-0.15, -0.1) is 0 Å². The largest absolute Gasteiger partial charge is 0.416 e. The normalized spacial score (nSPS) is 13.6. The first-order valence-corrected chi connectivity index (χ1v) is 11.3. The van der Waals surface area contributed by atoms with Crippen molar-refractivity contribution in [2.45, 2.75) is 11.8 Å². The van der Waals surface area contributed by atoms with Gasteiger partial charge in [0.05, 0.1) is 23.8 Å². The van der Waals surface area contributed by atoms with Crippen molar-refractivity contribution < 1.29 is 18.3 Å². The third kappa shape index (κ3) is 4.08. The van der Waals surface area contributed by atoms with Crippen LogP contribution in [0.15, 0.2) is 90.1 Å². The standard InChI is InChI=1S/C27H19ClF3N3O2/c1-34-15-32-14-24(34)26(36,17-5-8-20(28)9-6-17)18-7-10-23-22(12-18)21(13-25(35)33-23)16-3-2-4-19(11-16)27(29,30)31/h2-15,36H,1H3,(H,33,35). The monoisotopic (exact) mass is 509 g/mol. The van der Waals surface area contributed by atoms with Gasteiger partial charge in [-0.2, -0.15) is 13.2 Å². The minimum absolute atomic E-state index is 0.230. The first kappa shape index (κ1) is 23.8. The maximum atomic E-state index is 13.4. The predicted octanol–water partition coefficient (Wildman–Crippen LogP) is 5.89. The van der Waals surface area contributed by atoms with E-state index in [9.17, 15) is 23.1 Å². The fourth-order valence-electron chi connectivity index (χ4n) is 4.44. The van der Waals surface area contributed by atoms with Gasteiger partial charge < -0.3 is 14.7 Å². The van der Waals surface area contributed by atoms with E-state index in [1.807, 2.05) is 0 Å². The molecule has 0 radical (unpaired) electrons. The molecule has 0 aliphatic heterocycles. The van der Waals surface area contributed by atoms with E-state index in [2.05, 4.69) is 9.97 Å². The molecule has 0 amide bonds. The van der Waals surface area contributed by atoms with E-state index in [-0.39, 0.29) is 5.56 Å². The molecule has 0 bridgehead atoms. The van der Waals surface area contributed by atoms with Crippen LogP contribution < -0.4 is 5.56 Å². The van der Waals surface area contributed by atoms with E-state index in [1.165, 1.54) is 18.2 Å². The number of aryl methyl sites for hydroxylation is 1. The van der Waals surface area contributed by atoms with E-state index in [0.717, 1.165) is 12.1 Å². The first-order valence-electron chi connectivity index (χ1n) is 10.9. The fraction of sp³-hybridized carbons (Fsp3) is 0.111. The average molecular weight is 510 g/mol. The van der Waals surface area contributed by atoms with Crippen LogP contribution in [0.5, 0.6) is 0 Å². The molecule has 2 heterocycles. The Kier molecular flexibility index (Phi) is 5.73. The number of nitrogens with zero attached hydrogens (tertiary/aromatic N) is 2. The zero-order valence-electron chi connectivity index (χ0n) is 18.8. The number of fused-ring (bicyclic) bond motifs is 1. The lowest BCUT2D eigenvalue weighted by Gasteiger charge is -2.30. The van der Waals surface area contributed by atoms with Crippen molar-refractivity contribution in [3.8, 4) is 11.1 Å². The van der Waals surface area contributed by atoms with Crippen molar-refractivity contribution in [2.75, 3.05) is 0 Å². The van der Waals surface area contributed by atoms with Gasteiger partial charge in [-0.25, -0.2) is 4.98 Å². The molecule has 5 aromatic rings. The molecule has 182 valence electrons. The fourth-order valence-corrected chi connectivity index (χ4v) is 4.57. The summed E-state index contributed by atoms with van der Waals surface area (Å²) in [6, 6.07) is 17.7. The minimum Gasteiger partial charge on any atom is -0.374 e. The highest BCUT2D eigenvalue weighted by molar-refractivity contribution is 6.30. The Hall–Kier alpha value is -3.88. The van der Waals surface area contributed by atoms with Crippen molar-refractivity contribution in [2.24, 2.45) is 7.05 Å². The van der Waals surface area contributed by atoms with Crippen LogP contribution in [0.2, 0.25) is 5.02 Å². The second-order valence-electron chi connectivity index (χ2n) is 8.49. The number of benzene rings is 3. The smallest absolute Gasteiger partial charge is 0.374 e. The van der Waals surface area contributed by atoms with Gasteiger partial charge in [0.2, 0.25) is 5.56 Å². The molecule has 2 N–H and O–H groups in total. The van der Waals surface area contributed by atoms with Crippen LogP contribution in [0, 0.1) is 0 Å². The van der Waals surface area contributed by atoms with E-state index in [1.54, 1.807) is 66.6 Å². The number of aromatic amines is 1. The summed E-state index contributed by atoms with van der Waals surface area (Å²) in [5.74, 6) is 0. The van der Waals surface area contributed by atoms with Gasteiger partial charge in [0, 0.05) is 29.0 Å². The van der Waals surface area contributed by atoms with Gasteiger partial charge in [-0.1, -0.05) is 41.9 Å². The molecule has 0 aliphatic rings. The van der Waals surface area contributed by atoms with Crippen LogP contribution in [-0.4, -0.2) is 19.6 Å². The quantitative estimate of drug-likeness (QED) is 0.317. The lowest BCUT2D eigenvalue weighted by molar-refractivity contribution is -0.137. The topological polar surface area (TPSA) is 70.9 Å². The molecule has 5 rings (SSSR count). The molecule has 9 heteroatoms. The van der Waals surface area contributed by atoms with Crippen molar-refractivity contribution in [1.82, 2.24) is 14.5 Å². The van der Waals surface area contributed by atoms with Crippen LogP contribution in [0.3, 0.4) is 0 Å². The average Bonchev–Trinajstić information content (AvgIpc) is 3.29. The summed E-state index contributed by atoms with van der Waals surface area (Å²) < 4.78 is 41.8. The molecule has 1 unspecified atom stereocenters. The van der Waals surface area contributed by atoms with Crippen molar-refractivity contribution in [3.63, 3.8) is 0 Å². The number of imidazole rings is 1. The molecule has 0 fully saturated rings. The highest BCUT2D eigenvalue weighted by atomic mass is 35.5. The number of hydrogen-bond donors (Lipinski definition) is 2. The Morgan fingerprint density at radius 3 is 2.33 bits per heavy atom. The summed E-state index contributed by atoms with van der Waals surface area (Å²) in [5.41, 5.74) is -0.582. The number of aliphatic hydroxyl groups is 1. The van der Waals surface area contributed by atoms with Crippen LogP contribution in [0.25, 0.3) is 22.0 Å². The molecule has 0 saturated heterocycles. The van der Waals surface area contributed by atoms with Gasteiger partial charge in [0.15, 0.2) is 5.60 Å². The second kappa shape index (κ2) is 8.65. The summed E-state index contributed by atoms with van der Waals surface area (Å²) in [6.45, 7) is 0. The number of H-pyrrole nitrogens is 1. The molecule has 36 heavy (non-hydrogen) atoms. The number of nitrogens with one attached hydrogen (secondary N) is 1. The Labute approximate surface area is 208 Å². The number of alkyl halides is 3. The lowest BCUT2D eigenvalue weighted by atomic mass is 9.82. The summed E-state index contributed by atoms with van der Waals surface area (Å²) >= 11 is 6.08. The summed E-state index contributed by atoms with van der Waals surface area (Å²) in [5, 5.41) is 13.2. The highest BCUT2D eigenvalue weighted by Gasteiger charge is 2.37. The molecule has 0 saturated carbocycles. The second-order valence-corrected chi connectivity index (χ2v) is 8.93. The number of aromatic nitrogens is 3. The third-order valence-corrected chi connectivity index (χ3v) is 6.46. The van der Waals surface area contributed by atoms with Crippen LogP contribution >= 0.6 is 11.6 Å². The van der Waals surface area contributed by atoms with Gasteiger partial charge in [-0.3, -0.25) is 4.79 Å². The van der Waals surface area contributed by atoms with Gasteiger partial charge in [0.1, 0.15) is 0 Å². The van der Waals surface area contributed by atoms with Gasteiger partial charge >= 0.3 is 6.18 Å². The molecular weight excluding hydrogens is 491 g/mol. The minimum atomic E-state index is -4.54. The SMILES string of the molecule is Cn1cncc1C(O)(c1ccc(Cl)cc1)c1ccc2[nH]c(=O)cc(-c3cccc(C(F)(F)F)c3)c2c1. The van der Waals surface area contributed by atoms with Gasteiger partial charge in [-0.05, 0) is 58.7 Å². The van der Waals surface area contributed by atoms with Crippen molar-refractivity contribution >= 4 is 22.5 Å². The van der Waals surface area contributed by atoms with E-state index >= 15 is 0 Å². The Bertz CT molecular complexity index is 1640. The van der Waals surface area contributed by atoms with Crippen molar-refractivity contribution in [1.29, 1.82) is 0 Å². The van der Waals surface area contributed by atoms with E-state index in [0.29, 0.717) is 38.3 Å². The Morgan fingerprint density at radius 1 is 0.944 bits per heavy atom. The molecule has 0 aliphatic carbocycles. The zero-order valence-corrected chi connectivity index (χ0v) is 19.6. The van der Waals surface area contributed by atoms with Gasteiger partial charge in [0.25, 0.3) is 0 Å². The number of rotatable bonds is 4. The lowest BCUT2D eigenvalue weighted by Crippen LogP contribution is -2.31. The summed E-state index contributed by atoms with van der Waals surface area (Å²) in [6.07, 6.45) is -1.44. The molecule has 2 aromatic heterocycles. The summed E-state index contributed by atoms with van der Waals surface area (Å²) in [7, 11) is 1.75. The number of pyridine rings is 1. The van der Waals surface area contributed by atoms with E-state index in [4.69, 9.17) is 11.6 Å².